The highest BCUT2D eigenvalue weighted by atomic mass is 35.5. The van der Waals surface area contributed by atoms with E-state index in [1.165, 1.54) is 0 Å². The molecule has 0 radical (unpaired) electrons. The molecule has 1 heterocycles. The average molecular weight is 284 g/mol. The number of hydrogen-bond donors (Lipinski definition) is 0. The van der Waals surface area contributed by atoms with Crippen LogP contribution in [-0.4, -0.2) is 28.5 Å². The zero-order valence-electron chi connectivity index (χ0n) is 12.1. The van der Waals surface area contributed by atoms with Crippen LogP contribution >= 0.6 is 11.6 Å². The first-order valence-corrected chi connectivity index (χ1v) is 7.16. The molecular formula is C14H22ClN3O. The van der Waals surface area contributed by atoms with Gasteiger partial charge in [-0.1, -0.05) is 0 Å². The van der Waals surface area contributed by atoms with Gasteiger partial charge in [-0.3, -0.25) is 4.79 Å². The summed E-state index contributed by atoms with van der Waals surface area (Å²) >= 11 is 5.99. The van der Waals surface area contributed by atoms with Gasteiger partial charge >= 0.3 is 0 Å². The molecule has 0 bridgehead atoms. The van der Waals surface area contributed by atoms with Gasteiger partial charge in [0.05, 0.1) is 0 Å². The van der Waals surface area contributed by atoms with Crippen molar-refractivity contribution < 1.29 is 0 Å². The summed E-state index contributed by atoms with van der Waals surface area (Å²) in [7, 11) is 1.93. The van der Waals surface area contributed by atoms with E-state index in [9.17, 15) is 4.79 Å². The van der Waals surface area contributed by atoms with Gasteiger partial charge in [0.15, 0.2) is 5.82 Å². The minimum Gasteiger partial charge on any atom is -0.355 e. The number of nitrogens with zero attached hydrogens (tertiary/aromatic N) is 3. The van der Waals surface area contributed by atoms with Crippen LogP contribution in [0, 0.1) is 5.92 Å². The summed E-state index contributed by atoms with van der Waals surface area (Å²) in [6.07, 6.45) is 5.51. The highest BCUT2D eigenvalue weighted by Crippen LogP contribution is 2.32. The van der Waals surface area contributed by atoms with Gasteiger partial charge in [0.2, 0.25) is 0 Å². The van der Waals surface area contributed by atoms with Crippen LogP contribution < -0.4 is 10.5 Å². The van der Waals surface area contributed by atoms with E-state index >= 15 is 0 Å². The summed E-state index contributed by atoms with van der Waals surface area (Å²) in [6.45, 7) is 6.90. The molecule has 0 amide bonds. The molecule has 0 N–H and O–H groups in total. The van der Waals surface area contributed by atoms with Crippen LogP contribution in [0.15, 0.2) is 17.2 Å². The molecule has 4 nitrogen and oxygen atoms in total. The average Bonchev–Trinajstić information content (AvgIpc) is 2.25. The lowest BCUT2D eigenvalue weighted by atomic mass is 9.84. The van der Waals surface area contributed by atoms with Gasteiger partial charge in [0, 0.05) is 36.9 Å². The molecule has 0 saturated heterocycles. The number of aromatic nitrogens is 2. The SMILES string of the molecule is CN(CC1CC(Cl)C1)c1nccn(C(C)(C)C)c1=O. The summed E-state index contributed by atoms with van der Waals surface area (Å²) in [5, 5.41) is 0.313. The fraction of sp³-hybridized carbons (Fsp3) is 0.714. The highest BCUT2D eigenvalue weighted by Gasteiger charge is 2.29. The Hall–Kier alpha value is -1.03. The van der Waals surface area contributed by atoms with E-state index in [1.807, 2.05) is 32.7 Å². The Balaban J connectivity index is 2.18. The highest BCUT2D eigenvalue weighted by molar-refractivity contribution is 6.21. The van der Waals surface area contributed by atoms with Crippen molar-refractivity contribution in [3.05, 3.63) is 22.7 Å². The van der Waals surface area contributed by atoms with Crippen molar-refractivity contribution in [3.8, 4) is 0 Å². The van der Waals surface area contributed by atoms with Gasteiger partial charge in [-0.25, -0.2) is 4.98 Å². The molecule has 0 spiro atoms. The summed E-state index contributed by atoms with van der Waals surface area (Å²) in [4.78, 5) is 18.6. The predicted octanol–water partition coefficient (Wildman–Crippen LogP) is 2.45. The van der Waals surface area contributed by atoms with Gasteiger partial charge < -0.3 is 9.47 Å². The Morgan fingerprint density at radius 1 is 1.47 bits per heavy atom. The van der Waals surface area contributed by atoms with Crippen LogP contribution in [0.1, 0.15) is 33.6 Å². The Morgan fingerprint density at radius 2 is 2.11 bits per heavy atom. The van der Waals surface area contributed by atoms with E-state index in [-0.39, 0.29) is 11.1 Å². The van der Waals surface area contributed by atoms with E-state index in [0.717, 1.165) is 19.4 Å². The fourth-order valence-corrected chi connectivity index (χ4v) is 2.97. The van der Waals surface area contributed by atoms with Crippen LogP contribution in [0.25, 0.3) is 0 Å². The molecule has 0 unspecified atom stereocenters. The summed E-state index contributed by atoms with van der Waals surface area (Å²) in [5.74, 6) is 1.10. The van der Waals surface area contributed by atoms with Crippen molar-refractivity contribution in [2.45, 2.75) is 44.5 Å². The van der Waals surface area contributed by atoms with Crippen LogP contribution in [-0.2, 0) is 5.54 Å². The first-order valence-electron chi connectivity index (χ1n) is 6.72. The Labute approximate surface area is 119 Å². The summed E-state index contributed by atoms with van der Waals surface area (Å²) < 4.78 is 1.73. The van der Waals surface area contributed by atoms with E-state index < -0.39 is 0 Å². The number of halogens is 1. The quantitative estimate of drug-likeness (QED) is 0.800. The Bertz CT molecular complexity index is 500. The van der Waals surface area contributed by atoms with E-state index in [4.69, 9.17) is 11.6 Å². The topological polar surface area (TPSA) is 38.1 Å². The lowest BCUT2D eigenvalue weighted by molar-refractivity contribution is 0.327. The second-order valence-electron chi connectivity index (χ2n) is 6.41. The number of rotatable bonds is 3. The molecule has 0 aromatic carbocycles. The third kappa shape index (κ3) is 3.11. The largest absolute Gasteiger partial charge is 0.355 e. The van der Waals surface area contributed by atoms with Crippen molar-refractivity contribution in [2.75, 3.05) is 18.5 Å². The monoisotopic (exact) mass is 283 g/mol. The molecule has 19 heavy (non-hydrogen) atoms. The minimum atomic E-state index is -0.229. The normalized spacial score (nSPS) is 23.0. The number of anilines is 1. The number of hydrogen-bond acceptors (Lipinski definition) is 3. The van der Waals surface area contributed by atoms with Crippen molar-refractivity contribution in [2.24, 2.45) is 5.92 Å². The molecule has 1 aliphatic carbocycles. The van der Waals surface area contributed by atoms with E-state index in [2.05, 4.69) is 4.98 Å². The Morgan fingerprint density at radius 3 is 2.63 bits per heavy atom. The molecule has 1 aromatic rings. The maximum absolute atomic E-state index is 12.4. The third-order valence-corrected chi connectivity index (χ3v) is 3.97. The predicted molar refractivity (Wildman–Crippen MR) is 79.1 cm³/mol. The zero-order chi connectivity index (χ0) is 14.2. The maximum Gasteiger partial charge on any atom is 0.293 e. The van der Waals surface area contributed by atoms with Crippen molar-refractivity contribution >= 4 is 17.4 Å². The van der Waals surface area contributed by atoms with Gasteiger partial charge in [0.1, 0.15) is 0 Å². The molecule has 106 valence electrons. The van der Waals surface area contributed by atoms with Crippen LogP contribution in [0.2, 0.25) is 0 Å². The first kappa shape index (κ1) is 14.4. The zero-order valence-corrected chi connectivity index (χ0v) is 12.8. The molecule has 5 heteroatoms. The molecule has 1 saturated carbocycles. The van der Waals surface area contributed by atoms with Crippen LogP contribution in [0.4, 0.5) is 5.82 Å². The molecule has 1 aromatic heterocycles. The molecule has 1 fully saturated rings. The van der Waals surface area contributed by atoms with Gasteiger partial charge in [-0.15, -0.1) is 11.6 Å². The molecule has 1 aliphatic rings. The van der Waals surface area contributed by atoms with E-state index in [1.54, 1.807) is 17.0 Å². The second kappa shape index (κ2) is 5.16. The smallest absolute Gasteiger partial charge is 0.293 e. The summed E-state index contributed by atoms with van der Waals surface area (Å²) in [5.41, 5.74) is -0.257. The van der Waals surface area contributed by atoms with Crippen LogP contribution in [0.3, 0.4) is 0 Å². The second-order valence-corrected chi connectivity index (χ2v) is 7.03. The van der Waals surface area contributed by atoms with Crippen molar-refractivity contribution in [1.82, 2.24) is 9.55 Å². The minimum absolute atomic E-state index is 0.0285. The van der Waals surface area contributed by atoms with Crippen LogP contribution in [0.5, 0.6) is 0 Å². The standard InChI is InChI=1S/C14H22ClN3O/c1-14(2,3)18-6-5-16-12(13(18)19)17(4)9-10-7-11(15)8-10/h5-6,10-11H,7-9H2,1-4H3. The maximum atomic E-state index is 12.4. The fourth-order valence-electron chi connectivity index (χ4n) is 2.47. The molecule has 2 rings (SSSR count). The molecule has 0 aliphatic heterocycles. The third-order valence-electron chi connectivity index (χ3n) is 3.62. The van der Waals surface area contributed by atoms with Gasteiger partial charge in [0.25, 0.3) is 5.56 Å². The Kier molecular flexibility index (Phi) is 3.90. The van der Waals surface area contributed by atoms with Gasteiger partial charge in [-0.05, 0) is 39.5 Å². The van der Waals surface area contributed by atoms with Crippen molar-refractivity contribution in [1.29, 1.82) is 0 Å². The summed E-state index contributed by atoms with van der Waals surface area (Å²) in [6, 6.07) is 0. The number of alkyl halides is 1. The van der Waals surface area contributed by atoms with Crippen molar-refractivity contribution in [3.63, 3.8) is 0 Å². The lowest BCUT2D eigenvalue weighted by Crippen LogP contribution is -2.41. The van der Waals surface area contributed by atoms with Gasteiger partial charge in [-0.2, -0.15) is 0 Å². The first-order chi connectivity index (χ1) is 8.79. The van der Waals surface area contributed by atoms with E-state index in [0.29, 0.717) is 17.1 Å². The lowest BCUT2D eigenvalue weighted by Gasteiger charge is -2.34. The molecule has 0 atom stereocenters. The molecular weight excluding hydrogens is 262 g/mol.